The van der Waals surface area contributed by atoms with Gasteiger partial charge in [0, 0.05) is 16.7 Å². The number of hydrogen-bond acceptors (Lipinski definition) is 1. The van der Waals surface area contributed by atoms with Crippen LogP contribution < -0.4 is 5.32 Å². The van der Waals surface area contributed by atoms with Gasteiger partial charge in [0.25, 0.3) is 0 Å². The quantitative estimate of drug-likeness (QED) is 0.851. The summed E-state index contributed by atoms with van der Waals surface area (Å²) < 4.78 is 1.15. The molecule has 0 bridgehead atoms. The Balaban J connectivity index is 2.03. The van der Waals surface area contributed by atoms with Gasteiger partial charge in [-0.2, -0.15) is 0 Å². The molecule has 1 fully saturated rings. The summed E-state index contributed by atoms with van der Waals surface area (Å²) in [5.41, 5.74) is 2.59. The average molecular weight is 240 g/mol. The van der Waals surface area contributed by atoms with Gasteiger partial charge < -0.3 is 5.32 Å². The normalized spacial score (nSPS) is 15.8. The zero-order chi connectivity index (χ0) is 9.26. The van der Waals surface area contributed by atoms with Crippen molar-refractivity contribution in [3.05, 3.63) is 28.2 Å². The van der Waals surface area contributed by atoms with Crippen molar-refractivity contribution in [2.75, 3.05) is 11.9 Å². The summed E-state index contributed by atoms with van der Waals surface area (Å²) in [6.45, 7) is 3.28. The molecule has 0 radical (unpaired) electrons. The summed E-state index contributed by atoms with van der Waals surface area (Å²) >= 11 is 3.48. The van der Waals surface area contributed by atoms with Crippen LogP contribution in [0.25, 0.3) is 0 Å². The van der Waals surface area contributed by atoms with Crippen molar-refractivity contribution in [3.8, 4) is 0 Å². The Kier molecular flexibility index (Phi) is 2.58. The number of hydrogen-bond donors (Lipinski definition) is 1. The highest BCUT2D eigenvalue weighted by molar-refractivity contribution is 9.10. The minimum absolute atomic E-state index is 0.929. The van der Waals surface area contributed by atoms with Crippen LogP contribution in [0.15, 0.2) is 22.7 Å². The van der Waals surface area contributed by atoms with Crippen LogP contribution in [-0.2, 0) is 0 Å². The zero-order valence-corrected chi connectivity index (χ0v) is 9.39. The molecule has 1 aromatic rings. The third-order valence-electron chi connectivity index (χ3n) is 2.48. The van der Waals surface area contributed by atoms with Crippen LogP contribution in [0, 0.1) is 12.8 Å². The van der Waals surface area contributed by atoms with E-state index in [4.69, 9.17) is 0 Å². The highest BCUT2D eigenvalue weighted by Crippen LogP contribution is 2.30. The van der Waals surface area contributed by atoms with E-state index >= 15 is 0 Å². The van der Waals surface area contributed by atoms with E-state index in [1.54, 1.807) is 0 Å². The highest BCUT2D eigenvalue weighted by Gasteiger charge is 2.20. The average Bonchev–Trinajstić information content (AvgIpc) is 2.90. The van der Waals surface area contributed by atoms with Crippen LogP contribution in [0.4, 0.5) is 5.69 Å². The molecule has 0 spiro atoms. The van der Waals surface area contributed by atoms with E-state index in [0.717, 1.165) is 16.9 Å². The van der Waals surface area contributed by atoms with Crippen LogP contribution in [0.3, 0.4) is 0 Å². The maximum absolute atomic E-state index is 3.49. The first-order valence-electron chi connectivity index (χ1n) is 4.76. The molecule has 0 saturated heterocycles. The molecule has 1 saturated carbocycles. The Hall–Kier alpha value is -0.500. The monoisotopic (exact) mass is 239 g/mol. The third kappa shape index (κ3) is 2.47. The molecule has 70 valence electrons. The lowest BCUT2D eigenvalue weighted by Gasteiger charge is -2.08. The largest absolute Gasteiger partial charge is 0.385 e. The maximum atomic E-state index is 3.49. The fourth-order valence-corrected chi connectivity index (χ4v) is 1.72. The molecule has 2 rings (SSSR count). The van der Waals surface area contributed by atoms with Crippen molar-refractivity contribution in [3.63, 3.8) is 0 Å². The highest BCUT2D eigenvalue weighted by atomic mass is 79.9. The van der Waals surface area contributed by atoms with Crippen LogP contribution in [0.2, 0.25) is 0 Å². The van der Waals surface area contributed by atoms with Gasteiger partial charge in [-0.3, -0.25) is 0 Å². The lowest BCUT2D eigenvalue weighted by molar-refractivity contribution is 0.888. The van der Waals surface area contributed by atoms with E-state index in [9.17, 15) is 0 Å². The molecular formula is C11H14BrN. The van der Waals surface area contributed by atoms with E-state index < -0.39 is 0 Å². The Morgan fingerprint density at radius 2 is 2.23 bits per heavy atom. The minimum Gasteiger partial charge on any atom is -0.385 e. The van der Waals surface area contributed by atoms with Crippen molar-refractivity contribution in [1.29, 1.82) is 0 Å². The molecule has 13 heavy (non-hydrogen) atoms. The lowest BCUT2D eigenvalue weighted by Crippen LogP contribution is -2.04. The van der Waals surface area contributed by atoms with E-state index in [0.29, 0.717) is 0 Å². The summed E-state index contributed by atoms with van der Waals surface area (Å²) in [5, 5.41) is 3.49. The molecule has 1 aliphatic rings. The van der Waals surface area contributed by atoms with Gasteiger partial charge in [-0.1, -0.05) is 22.0 Å². The van der Waals surface area contributed by atoms with Gasteiger partial charge in [-0.05, 0) is 43.4 Å². The minimum atomic E-state index is 0.929. The van der Waals surface area contributed by atoms with Gasteiger partial charge in [0.05, 0.1) is 0 Å². The Bertz CT molecular complexity index is 305. The summed E-state index contributed by atoms with van der Waals surface area (Å²) in [7, 11) is 0. The Morgan fingerprint density at radius 3 is 2.92 bits per heavy atom. The van der Waals surface area contributed by atoms with Crippen molar-refractivity contribution in [2.45, 2.75) is 19.8 Å². The van der Waals surface area contributed by atoms with E-state index in [-0.39, 0.29) is 0 Å². The van der Waals surface area contributed by atoms with Crippen LogP contribution in [0.5, 0.6) is 0 Å². The van der Waals surface area contributed by atoms with Crippen molar-refractivity contribution >= 4 is 21.6 Å². The second-order valence-corrected chi connectivity index (χ2v) is 4.70. The molecule has 0 amide bonds. The lowest BCUT2D eigenvalue weighted by atomic mass is 10.2. The molecule has 1 nitrogen and oxygen atoms in total. The molecule has 2 heteroatoms. The van der Waals surface area contributed by atoms with Gasteiger partial charge in [0.1, 0.15) is 0 Å². The predicted molar refractivity (Wildman–Crippen MR) is 60.1 cm³/mol. The SMILES string of the molecule is Cc1ccc(Br)cc1NCC1CC1. The molecule has 0 unspecified atom stereocenters. The van der Waals surface area contributed by atoms with E-state index in [1.165, 1.54) is 24.1 Å². The summed E-state index contributed by atoms with van der Waals surface area (Å²) in [4.78, 5) is 0. The molecule has 0 atom stereocenters. The molecule has 0 heterocycles. The Morgan fingerprint density at radius 1 is 1.46 bits per heavy atom. The number of halogens is 1. The van der Waals surface area contributed by atoms with Crippen LogP contribution in [0.1, 0.15) is 18.4 Å². The first-order chi connectivity index (χ1) is 6.25. The molecule has 1 aliphatic carbocycles. The Labute approximate surface area is 87.7 Å². The number of rotatable bonds is 3. The molecular weight excluding hydrogens is 226 g/mol. The van der Waals surface area contributed by atoms with Gasteiger partial charge in [-0.25, -0.2) is 0 Å². The second-order valence-electron chi connectivity index (χ2n) is 3.78. The summed E-state index contributed by atoms with van der Waals surface area (Å²) in [6, 6.07) is 6.37. The topological polar surface area (TPSA) is 12.0 Å². The molecule has 1 aromatic carbocycles. The van der Waals surface area contributed by atoms with Crippen molar-refractivity contribution in [2.24, 2.45) is 5.92 Å². The third-order valence-corrected chi connectivity index (χ3v) is 2.97. The smallest absolute Gasteiger partial charge is 0.0381 e. The van der Waals surface area contributed by atoms with Crippen LogP contribution in [-0.4, -0.2) is 6.54 Å². The maximum Gasteiger partial charge on any atom is 0.0381 e. The van der Waals surface area contributed by atoms with E-state index in [2.05, 4.69) is 46.4 Å². The van der Waals surface area contributed by atoms with Crippen molar-refractivity contribution in [1.82, 2.24) is 0 Å². The first-order valence-corrected chi connectivity index (χ1v) is 5.55. The molecule has 0 aliphatic heterocycles. The van der Waals surface area contributed by atoms with E-state index in [1.807, 2.05) is 0 Å². The number of nitrogens with one attached hydrogen (secondary N) is 1. The fraction of sp³-hybridized carbons (Fsp3) is 0.455. The number of aryl methyl sites for hydroxylation is 1. The molecule has 1 N–H and O–H groups in total. The fourth-order valence-electron chi connectivity index (χ4n) is 1.36. The van der Waals surface area contributed by atoms with Gasteiger partial charge >= 0.3 is 0 Å². The number of anilines is 1. The van der Waals surface area contributed by atoms with Gasteiger partial charge in [0.15, 0.2) is 0 Å². The van der Waals surface area contributed by atoms with Crippen LogP contribution >= 0.6 is 15.9 Å². The predicted octanol–water partition coefficient (Wildman–Crippen LogP) is 3.58. The number of benzene rings is 1. The molecule has 0 aromatic heterocycles. The van der Waals surface area contributed by atoms with Crippen molar-refractivity contribution < 1.29 is 0 Å². The van der Waals surface area contributed by atoms with Gasteiger partial charge in [0.2, 0.25) is 0 Å². The zero-order valence-electron chi connectivity index (χ0n) is 7.81. The standard InChI is InChI=1S/C11H14BrN/c1-8-2-5-10(12)6-11(8)13-7-9-3-4-9/h2,5-6,9,13H,3-4,7H2,1H3. The summed E-state index contributed by atoms with van der Waals surface area (Å²) in [5.74, 6) is 0.929. The first kappa shape index (κ1) is 9.07. The van der Waals surface area contributed by atoms with Gasteiger partial charge in [-0.15, -0.1) is 0 Å². The second kappa shape index (κ2) is 3.70. The summed E-state index contributed by atoms with van der Waals surface area (Å²) in [6.07, 6.45) is 2.81.